The number of amides is 1. The number of carbonyl (C=O) groups is 1. The number of nitrogens with two attached hydrogens (primary N) is 1. The molecule has 2 rings (SSSR count). The molecule has 0 aliphatic rings. The summed E-state index contributed by atoms with van der Waals surface area (Å²) in [5.41, 5.74) is 3.33. The van der Waals surface area contributed by atoms with E-state index in [1.54, 1.807) is 0 Å². The quantitative estimate of drug-likeness (QED) is 0.471. The van der Waals surface area contributed by atoms with E-state index >= 15 is 0 Å². The molecule has 0 saturated carbocycles. The summed E-state index contributed by atoms with van der Waals surface area (Å²) in [6.45, 7) is 0.587. The number of carbonyl (C=O) groups excluding carboxylic acids is 1. The number of aryl methyl sites for hydroxylation is 1. The van der Waals surface area contributed by atoms with E-state index in [9.17, 15) is 35.2 Å². The highest BCUT2D eigenvalue weighted by atomic mass is 35.5. The first kappa shape index (κ1) is 22.9. The predicted molar refractivity (Wildman–Crippen MR) is 95.0 cm³/mol. The van der Waals surface area contributed by atoms with Gasteiger partial charge in [0.15, 0.2) is 5.82 Å². The molecule has 7 nitrogen and oxygen atoms in total. The molecule has 1 amide bonds. The topological polar surface area (TPSA) is 106 Å². The molecule has 0 radical (unpaired) electrons. The van der Waals surface area contributed by atoms with Gasteiger partial charge >= 0.3 is 6.18 Å². The van der Waals surface area contributed by atoms with Gasteiger partial charge in [-0.1, -0.05) is 11.6 Å². The molecular formula is C15H14ClF5N4O3S. The Balaban J connectivity index is 2.39. The number of halogens is 6. The number of benzene rings is 1. The van der Waals surface area contributed by atoms with E-state index in [-0.39, 0.29) is 0 Å². The number of hydrogen-bond donors (Lipinski definition) is 3. The molecule has 2 aromatic rings. The standard InChI is InChI=1S/C15H14ClF5N4O3S/c1-6(15(19,20)21)24-29(27,28)9-5-25(2)13(10(9)16)14(26)23-8-4-3-7(17)12(22)11(8)18/h3-6,24H,22H2,1-2H3,(H,23,26)/t6-/m1/s1. The van der Waals surface area contributed by atoms with Crippen LogP contribution in [0.2, 0.25) is 5.02 Å². The van der Waals surface area contributed by atoms with Crippen LogP contribution in [0.4, 0.5) is 33.3 Å². The molecule has 0 aliphatic carbocycles. The Kier molecular flexibility index (Phi) is 6.16. The number of aromatic nitrogens is 1. The molecule has 29 heavy (non-hydrogen) atoms. The van der Waals surface area contributed by atoms with E-state index in [4.69, 9.17) is 17.3 Å². The summed E-state index contributed by atoms with van der Waals surface area (Å²) in [4.78, 5) is 11.6. The summed E-state index contributed by atoms with van der Waals surface area (Å²) >= 11 is 5.91. The zero-order valence-corrected chi connectivity index (χ0v) is 16.3. The van der Waals surface area contributed by atoms with Gasteiger partial charge in [0.25, 0.3) is 5.91 Å². The van der Waals surface area contributed by atoms with Crippen molar-refractivity contribution in [2.24, 2.45) is 7.05 Å². The minimum absolute atomic E-state index is 0.492. The smallest absolute Gasteiger partial charge is 0.394 e. The van der Waals surface area contributed by atoms with Crippen LogP contribution in [0.15, 0.2) is 23.2 Å². The van der Waals surface area contributed by atoms with Gasteiger partial charge in [-0.3, -0.25) is 4.79 Å². The number of anilines is 2. The van der Waals surface area contributed by atoms with Gasteiger partial charge in [0.1, 0.15) is 28.1 Å². The minimum Gasteiger partial charge on any atom is -0.394 e. The van der Waals surface area contributed by atoms with Crippen molar-refractivity contribution in [3.63, 3.8) is 0 Å². The van der Waals surface area contributed by atoms with Gasteiger partial charge < -0.3 is 15.6 Å². The van der Waals surface area contributed by atoms with E-state index in [1.807, 2.05) is 5.32 Å². The second-order valence-corrected chi connectivity index (χ2v) is 7.99. The van der Waals surface area contributed by atoms with Crippen molar-refractivity contribution in [1.29, 1.82) is 0 Å². The van der Waals surface area contributed by atoms with Crippen molar-refractivity contribution < 1.29 is 35.2 Å². The first-order chi connectivity index (χ1) is 13.2. The normalized spacial score (nSPS) is 13.4. The monoisotopic (exact) mass is 460 g/mol. The third-order valence-corrected chi connectivity index (χ3v) is 5.84. The minimum atomic E-state index is -4.85. The van der Waals surface area contributed by atoms with Gasteiger partial charge in [0.2, 0.25) is 10.0 Å². The second kappa shape index (κ2) is 7.80. The number of hydrogen-bond acceptors (Lipinski definition) is 4. The lowest BCUT2D eigenvalue weighted by Gasteiger charge is -2.16. The average Bonchev–Trinajstić information content (AvgIpc) is 2.89. The van der Waals surface area contributed by atoms with Crippen LogP contribution < -0.4 is 15.8 Å². The van der Waals surface area contributed by atoms with Crippen molar-refractivity contribution >= 4 is 38.9 Å². The molecule has 1 aromatic heterocycles. The van der Waals surface area contributed by atoms with Gasteiger partial charge in [0, 0.05) is 13.2 Å². The number of nitrogens with one attached hydrogen (secondary N) is 2. The van der Waals surface area contributed by atoms with E-state index in [0.717, 1.165) is 22.9 Å². The highest BCUT2D eigenvalue weighted by Crippen LogP contribution is 2.30. The van der Waals surface area contributed by atoms with E-state index < -0.39 is 66.8 Å². The highest BCUT2D eigenvalue weighted by molar-refractivity contribution is 7.89. The van der Waals surface area contributed by atoms with Gasteiger partial charge in [0.05, 0.1) is 10.7 Å². The zero-order chi connectivity index (χ0) is 22.3. The molecule has 0 aliphatic heterocycles. The molecule has 0 unspecified atom stereocenters. The van der Waals surface area contributed by atoms with E-state index in [1.165, 1.54) is 11.8 Å². The van der Waals surface area contributed by atoms with Crippen LogP contribution >= 0.6 is 11.6 Å². The largest absolute Gasteiger partial charge is 0.404 e. The van der Waals surface area contributed by atoms with Crippen LogP contribution in [-0.2, 0) is 17.1 Å². The Hall–Kier alpha value is -2.38. The first-order valence-electron chi connectivity index (χ1n) is 7.65. The van der Waals surface area contributed by atoms with Crippen LogP contribution in [0.3, 0.4) is 0 Å². The van der Waals surface area contributed by atoms with Crippen molar-refractivity contribution in [3.8, 4) is 0 Å². The molecule has 1 heterocycles. The summed E-state index contributed by atoms with van der Waals surface area (Å²) in [5, 5.41) is 1.35. The molecule has 0 bridgehead atoms. The van der Waals surface area contributed by atoms with Gasteiger partial charge in [-0.25, -0.2) is 17.2 Å². The molecule has 1 atom stereocenters. The Labute approximate surface area is 166 Å². The van der Waals surface area contributed by atoms with Crippen LogP contribution in [0.5, 0.6) is 0 Å². The van der Waals surface area contributed by atoms with Crippen LogP contribution in [0.25, 0.3) is 0 Å². The fourth-order valence-electron chi connectivity index (χ4n) is 2.23. The first-order valence-corrected chi connectivity index (χ1v) is 9.51. The van der Waals surface area contributed by atoms with Crippen LogP contribution in [0.1, 0.15) is 17.4 Å². The Morgan fingerprint density at radius 3 is 2.41 bits per heavy atom. The summed E-state index contributed by atoms with van der Waals surface area (Å²) in [5.74, 6) is -3.43. The molecular weight excluding hydrogens is 447 g/mol. The fourth-order valence-corrected chi connectivity index (χ4v) is 4.15. The second-order valence-electron chi connectivity index (χ2n) is 5.93. The maximum atomic E-state index is 14.0. The Bertz CT molecular complexity index is 1070. The van der Waals surface area contributed by atoms with Gasteiger partial charge in [-0.15, -0.1) is 0 Å². The lowest BCUT2D eigenvalue weighted by molar-refractivity contribution is -0.147. The summed E-state index contributed by atoms with van der Waals surface area (Å²) in [6.07, 6.45) is -4.04. The maximum absolute atomic E-state index is 14.0. The zero-order valence-electron chi connectivity index (χ0n) is 14.7. The van der Waals surface area contributed by atoms with E-state index in [2.05, 4.69) is 0 Å². The molecule has 0 fully saturated rings. The third kappa shape index (κ3) is 4.62. The third-order valence-electron chi connectivity index (χ3n) is 3.79. The molecule has 1 aromatic carbocycles. The predicted octanol–water partition coefficient (Wildman–Crippen LogP) is 3.02. The fraction of sp³-hybridized carbons (Fsp3) is 0.267. The molecule has 4 N–H and O–H groups in total. The Morgan fingerprint density at radius 2 is 1.86 bits per heavy atom. The molecule has 14 heteroatoms. The summed E-state index contributed by atoms with van der Waals surface area (Å²) in [6, 6.07) is -0.754. The SMILES string of the molecule is C[C@@H](NS(=O)(=O)c1cn(C)c(C(=O)Nc2ccc(F)c(N)c2F)c1Cl)C(F)(F)F. The number of nitrogen functional groups attached to an aromatic ring is 1. The number of rotatable bonds is 5. The van der Waals surface area contributed by atoms with Crippen molar-refractivity contribution in [2.45, 2.75) is 24.0 Å². The molecule has 160 valence electrons. The van der Waals surface area contributed by atoms with Gasteiger partial charge in [-0.05, 0) is 19.1 Å². The van der Waals surface area contributed by atoms with Crippen molar-refractivity contribution in [2.75, 3.05) is 11.1 Å². The number of nitrogens with zero attached hydrogens (tertiary/aromatic N) is 1. The number of alkyl halides is 3. The average molecular weight is 461 g/mol. The maximum Gasteiger partial charge on any atom is 0.404 e. The summed E-state index contributed by atoms with van der Waals surface area (Å²) < 4.78 is 91.9. The highest BCUT2D eigenvalue weighted by Gasteiger charge is 2.40. The lowest BCUT2D eigenvalue weighted by atomic mass is 10.2. The Morgan fingerprint density at radius 1 is 1.28 bits per heavy atom. The van der Waals surface area contributed by atoms with Crippen molar-refractivity contribution in [1.82, 2.24) is 9.29 Å². The van der Waals surface area contributed by atoms with Gasteiger partial charge in [-0.2, -0.15) is 17.9 Å². The molecule has 0 spiro atoms. The molecule has 0 saturated heterocycles. The van der Waals surface area contributed by atoms with Crippen molar-refractivity contribution in [3.05, 3.63) is 40.7 Å². The number of sulfonamides is 1. The van der Waals surface area contributed by atoms with E-state index in [0.29, 0.717) is 6.92 Å². The van der Waals surface area contributed by atoms with Crippen LogP contribution in [0, 0.1) is 11.6 Å². The lowest BCUT2D eigenvalue weighted by Crippen LogP contribution is -2.42. The van der Waals surface area contributed by atoms with Crippen LogP contribution in [-0.4, -0.2) is 31.1 Å². The summed E-state index contributed by atoms with van der Waals surface area (Å²) in [7, 11) is -3.55.